The molecule has 2 amide bonds. The minimum absolute atomic E-state index is 0.231. The van der Waals surface area contributed by atoms with E-state index < -0.39 is 0 Å². The molecule has 1 aliphatic heterocycles. The Bertz CT molecular complexity index is 1040. The topological polar surface area (TPSA) is 76.4 Å². The molecule has 0 bridgehead atoms. The first-order chi connectivity index (χ1) is 16.4. The Kier molecular flexibility index (Phi) is 9.17. The first-order valence-corrected chi connectivity index (χ1v) is 11.9. The standard InChI is InChI=1S/C19H26FN3O2.C8H7N/c1-14-16(10-17(20)11-18(14)21-13-24)12-22-6-8-23(9-7-22)19(25)15-4-2-3-5-15;1-7-3-2-4-8(5-7)6-9/h10-11,13,15H,2-9,12H2,1H3,(H,21,24);2-5H,1H3. The van der Waals surface area contributed by atoms with Gasteiger partial charge in [0.2, 0.25) is 12.3 Å². The van der Waals surface area contributed by atoms with Crippen molar-refractivity contribution in [2.24, 2.45) is 5.92 Å². The zero-order valence-corrected chi connectivity index (χ0v) is 20.0. The highest BCUT2D eigenvalue weighted by atomic mass is 19.1. The van der Waals surface area contributed by atoms with Crippen LogP contribution in [0.15, 0.2) is 36.4 Å². The van der Waals surface area contributed by atoms with E-state index in [0.29, 0.717) is 24.5 Å². The number of amides is 2. The van der Waals surface area contributed by atoms with Gasteiger partial charge in [-0.05, 0) is 67.6 Å². The molecule has 6 nitrogen and oxygen atoms in total. The second kappa shape index (κ2) is 12.3. The molecule has 180 valence electrons. The number of carbonyl (C=O) groups is 2. The number of hydrogen-bond acceptors (Lipinski definition) is 4. The normalized spacial score (nSPS) is 16.4. The molecule has 2 aliphatic rings. The number of hydrogen-bond donors (Lipinski definition) is 1. The molecule has 0 radical (unpaired) electrons. The Morgan fingerprint density at radius 1 is 1.15 bits per heavy atom. The van der Waals surface area contributed by atoms with Crippen molar-refractivity contribution in [2.75, 3.05) is 31.5 Å². The van der Waals surface area contributed by atoms with Gasteiger partial charge in [-0.25, -0.2) is 4.39 Å². The van der Waals surface area contributed by atoms with Gasteiger partial charge >= 0.3 is 0 Å². The SMILES string of the molecule is Cc1c(CN2CCN(C(=O)C3CCCC3)CC2)cc(F)cc1NC=O.Cc1cccc(C#N)c1. The molecule has 1 N–H and O–H groups in total. The molecule has 34 heavy (non-hydrogen) atoms. The number of benzene rings is 2. The van der Waals surface area contributed by atoms with Gasteiger partial charge in [0.1, 0.15) is 5.82 Å². The summed E-state index contributed by atoms with van der Waals surface area (Å²) >= 11 is 0. The quantitative estimate of drug-likeness (QED) is 0.666. The van der Waals surface area contributed by atoms with E-state index in [1.807, 2.05) is 36.9 Å². The van der Waals surface area contributed by atoms with Gasteiger partial charge in [0.15, 0.2) is 0 Å². The first-order valence-electron chi connectivity index (χ1n) is 11.9. The third-order valence-corrected chi connectivity index (χ3v) is 6.62. The third kappa shape index (κ3) is 6.88. The van der Waals surface area contributed by atoms with Crippen LogP contribution in [-0.2, 0) is 16.1 Å². The first kappa shape index (κ1) is 25.4. The molecule has 0 atom stereocenters. The lowest BCUT2D eigenvalue weighted by Crippen LogP contribution is -2.49. The van der Waals surface area contributed by atoms with Crippen molar-refractivity contribution >= 4 is 18.0 Å². The van der Waals surface area contributed by atoms with Crippen LogP contribution in [0.5, 0.6) is 0 Å². The molecule has 7 heteroatoms. The van der Waals surface area contributed by atoms with Crippen molar-refractivity contribution in [3.05, 3.63) is 64.5 Å². The van der Waals surface area contributed by atoms with Gasteiger partial charge in [-0.1, -0.05) is 25.0 Å². The number of nitriles is 1. The number of anilines is 1. The third-order valence-electron chi connectivity index (χ3n) is 6.62. The maximum Gasteiger partial charge on any atom is 0.225 e. The average molecular weight is 465 g/mol. The summed E-state index contributed by atoms with van der Waals surface area (Å²) in [4.78, 5) is 27.4. The minimum Gasteiger partial charge on any atom is -0.340 e. The maximum absolute atomic E-state index is 13.8. The molecule has 0 unspecified atom stereocenters. The van der Waals surface area contributed by atoms with Gasteiger partial charge in [0.05, 0.1) is 11.6 Å². The summed E-state index contributed by atoms with van der Waals surface area (Å²) in [7, 11) is 0. The number of rotatable bonds is 5. The lowest BCUT2D eigenvalue weighted by atomic mass is 10.0. The molecule has 1 saturated carbocycles. The summed E-state index contributed by atoms with van der Waals surface area (Å²) in [6.07, 6.45) is 4.99. The van der Waals surface area contributed by atoms with E-state index in [9.17, 15) is 14.0 Å². The van der Waals surface area contributed by atoms with Gasteiger partial charge in [-0.3, -0.25) is 14.5 Å². The van der Waals surface area contributed by atoms with Crippen LogP contribution in [0.3, 0.4) is 0 Å². The highest BCUT2D eigenvalue weighted by Gasteiger charge is 2.29. The summed E-state index contributed by atoms with van der Waals surface area (Å²) in [6.45, 7) is 7.56. The Balaban J connectivity index is 0.000000302. The van der Waals surface area contributed by atoms with Crippen molar-refractivity contribution in [1.82, 2.24) is 9.80 Å². The van der Waals surface area contributed by atoms with Gasteiger partial charge in [0.25, 0.3) is 0 Å². The van der Waals surface area contributed by atoms with Gasteiger partial charge < -0.3 is 10.2 Å². The summed E-state index contributed by atoms with van der Waals surface area (Å²) in [5, 5.41) is 11.0. The number of nitrogens with one attached hydrogen (secondary N) is 1. The summed E-state index contributed by atoms with van der Waals surface area (Å²) < 4.78 is 13.8. The second-order valence-corrected chi connectivity index (χ2v) is 9.06. The molecular weight excluding hydrogens is 431 g/mol. The fourth-order valence-electron chi connectivity index (χ4n) is 4.63. The van der Waals surface area contributed by atoms with E-state index in [4.69, 9.17) is 5.26 Å². The van der Waals surface area contributed by atoms with E-state index in [1.54, 1.807) is 6.07 Å². The number of halogens is 1. The smallest absolute Gasteiger partial charge is 0.225 e. The van der Waals surface area contributed by atoms with E-state index in [1.165, 1.54) is 25.0 Å². The van der Waals surface area contributed by atoms with Crippen LogP contribution in [0.25, 0.3) is 0 Å². The van der Waals surface area contributed by atoms with E-state index in [2.05, 4.69) is 16.3 Å². The number of carbonyl (C=O) groups excluding carboxylic acids is 2. The Labute approximate surface area is 201 Å². The van der Waals surface area contributed by atoms with Crippen LogP contribution in [0.2, 0.25) is 0 Å². The van der Waals surface area contributed by atoms with Crippen molar-refractivity contribution in [3.63, 3.8) is 0 Å². The molecule has 1 heterocycles. The highest BCUT2D eigenvalue weighted by Crippen LogP contribution is 2.27. The van der Waals surface area contributed by atoms with Crippen LogP contribution < -0.4 is 5.32 Å². The largest absolute Gasteiger partial charge is 0.340 e. The lowest BCUT2D eigenvalue weighted by Gasteiger charge is -2.36. The van der Waals surface area contributed by atoms with Crippen LogP contribution in [0, 0.1) is 36.9 Å². The molecule has 4 rings (SSSR count). The highest BCUT2D eigenvalue weighted by molar-refractivity contribution is 5.79. The predicted molar refractivity (Wildman–Crippen MR) is 131 cm³/mol. The van der Waals surface area contributed by atoms with Crippen LogP contribution in [0.4, 0.5) is 10.1 Å². The fourth-order valence-corrected chi connectivity index (χ4v) is 4.63. The van der Waals surface area contributed by atoms with E-state index in [-0.39, 0.29) is 11.7 Å². The van der Waals surface area contributed by atoms with Crippen molar-refractivity contribution in [2.45, 2.75) is 46.1 Å². The summed E-state index contributed by atoms with van der Waals surface area (Å²) in [5.41, 5.74) is 4.14. The minimum atomic E-state index is -0.347. The summed E-state index contributed by atoms with van der Waals surface area (Å²) in [6, 6.07) is 12.5. The molecule has 1 aliphatic carbocycles. The van der Waals surface area contributed by atoms with Crippen LogP contribution >= 0.6 is 0 Å². The van der Waals surface area contributed by atoms with Crippen LogP contribution in [0.1, 0.15) is 47.9 Å². The van der Waals surface area contributed by atoms with Gasteiger partial charge in [-0.2, -0.15) is 5.26 Å². The van der Waals surface area contributed by atoms with Crippen molar-refractivity contribution < 1.29 is 14.0 Å². The second-order valence-electron chi connectivity index (χ2n) is 9.06. The fraction of sp³-hybridized carbons (Fsp3) is 0.444. The van der Waals surface area contributed by atoms with Gasteiger partial charge in [0, 0.05) is 44.3 Å². The average Bonchev–Trinajstić information content (AvgIpc) is 3.38. The Hall–Kier alpha value is -3.24. The number of nitrogens with zero attached hydrogens (tertiary/aromatic N) is 3. The van der Waals surface area contributed by atoms with Crippen LogP contribution in [-0.4, -0.2) is 48.3 Å². The molecular formula is C27H33FN4O2. The molecule has 2 aromatic carbocycles. The van der Waals surface area contributed by atoms with Crippen molar-refractivity contribution in [1.29, 1.82) is 5.26 Å². The Morgan fingerprint density at radius 2 is 1.85 bits per heavy atom. The monoisotopic (exact) mass is 464 g/mol. The zero-order chi connectivity index (χ0) is 24.5. The number of piperazine rings is 1. The Morgan fingerprint density at radius 3 is 2.44 bits per heavy atom. The predicted octanol–water partition coefficient (Wildman–Crippen LogP) is 4.40. The molecule has 2 fully saturated rings. The van der Waals surface area contributed by atoms with Gasteiger partial charge in [-0.15, -0.1) is 0 Å². The molecule has 1 saturated heterocycles. The zero-order valence-electron chi connectivity index (χ0n) is 20.0. The maximum atomic E-state index is 13.8. The van der Waals surface area contributed by atoms with Crippen molar-refractivity contribution in [3.8, 4) is 6.07 Å². The summed E-state index contributed by atoms with van der Waals surface area (Å²) in [5.74, 6) is 0.200. The molecule has 0 aromatic heterocycles. The molecule has 0 spiro atoms. The van der Waals surface area contributed by atoms with E-state index >= 15 is 0 Å². The lowest BCUT2D eigenvalue weighted by molar-refractivity contribution is -0.137. The molecule has 2 aromatic rings. The van der Waals surface area contributed by atoms with E-state index in [0.717, 1.165) is 61.3 Å². The number of aryl methyl sites for hydroxylation is 1.